The fraction of sp³-hybridized carbons (Fsp3) is 0.414. The molecule has 0 bridgehead atoms. The van der Waals surface area contributed by atoms with Crippen LogP contribution in [0.1, 0.15) is 49.3 Å². The molecule has 1 aromatic heterocycles. The molecule has 3 heterocycles. The Balaban J connectivity index is 1.41. The van der Waals surface area contributed by atoms with E-state index in [4.69, 9.17) is 4.74 Å². The van der Waals surface area contributed by atoms with Crippen molar-refractivity contribution >= 4 is 11.7 Å². The van der Waals surface area contributed by atoms with Gasteiger partial charge in [0.1, 0.15) is 6.07 Å². The molecule has 5 rings (SSSR count). The monoisotopic (exact) mass is 522 g/mol. The van der Waals surface area contributed by atoms with Crippen LogP contribution in [-0.2, 0) is 21.2 Å². The Hall–Kier alpha value is -3.80. The first kappa shape index (κ1) is 25.8. The quantitative estimate of drug-likeness (QED) is 0.507. The molecule has 1 atom stereocenters. The lowest BCUT2D eigenvalue weighted by atomic mass is 9.70. The number of rotatable bonds is 6. The molecule has 1 N–H and O–H groups in total. The van der Waals surface area contributed by atoms with Crippen molar-refractivity contribution in [1.82, 2.24) is 10.3 Å². The summed E-state index contributed by atoms with van der Waals surface area (Å²) in [4.78, 5) is 19.6. The first-order chi connectivity index (χ1) is 18.2. The van der Waals surface area contributed by atoms with Crippen LogP contribution in [0.5, 0.6) is 0 Å². The van der Waals surface area contributed by atoms with Crippen LogP contribution in [0, 0.1) is 22.7 Å². The second-order valence-electron chi connectivity index (χ2n) is 10.1. The first-order valence-corrected chi connectivity index (χ1v) is 12.8. The van der Waals surface area contributed by atoms with Gasteiger partial charge >= 0.3 is 12.1 Å². The van der Waals surface area contributed by atoms with Crippen LogP contribution in [0.4, 0.5) is 18.9 Å². The number of aromatic nitrogens is 1. The standard InChI is InChI=1S/C29H29F3N4O2/c1-2-38-26(37)27(23-9-10-28(35-19-23,21-5-6-21)24-4-3-13-34-18-24)11-14-36(15-12-27)25-8-7-22(29(30,31)32)16-20(25)17-33/h3-4,7-10,13,16,18-19,21,35H,2,5-6,11-12,14-15H2,1H3. The Kier molecular flexibility index (Phi) is 6.68. The third kappa shape index (κ3) is 4.53. The van der Waals surface area contributed by atoms with Gasteiger partial charge in [-0.1, -0.05) is 18.2 Å². The van der Waals surface area contributed by atoms with E-state index in [1.807, 2.05) is 35.5 Å². The molecule has 1 saturated heterocycles. The van der Waals surface area contributed by atoms with Gasteiger partial charge < -0.3 is 15.0 Å². The molecular weight excluding hydrogens is 493 g/mol. The number of ether oxygens (including phenoxy) is 1. The summed E-state index contributed by atoms with van der Waals surface area (Å²) in [5.41, 5.74) is 0.160. The van der Waals surface area contributed by atoms with E-state index in [0.29, 0.717) is 37.5 Å². The molecule has 0 amide bonds. The number of hydrogen-bond donors (Lipinski definition) is 1. The van der Waals surface area contributed by atoms with Crippen molar-refractivity contribution in [2.45, 2.75) is 44.3 Å². The Bertz CT molecular complexity index is 1300. The Morgan fingerprint density at radius 2 is 2.03 bits per heavy atom. The number of anilines is 1. The van der Waals surface area contributed by atoms with E-state index >= 15 is 0 Å². The maximum Gasteiger partial charge on any atom is 0.416 e. The van der Waals surface area contributed by atoms with Crippen LogP contribution >= 0.6 is 0 Å². The molecule has 198 valence electrons. The molecule has 1 saturated carbocycles. The highest BCUT2D eigenvalue weighted by Gasteiger charge is 2.50. The number of allylic oxidation sites excluding steroid dienone is 1. The molecule has 1 unspecified atom stereocenters. The lowest BCUT2D eigenvalue weighted by molar-refractivity contribution is -0.154. The number of dihydropyridines is 1. The van der Waals surface area contributed by atoms with E-state index in [9.17, 15) is 23.2 Å². The van der Waals surface area contributed by atoms with Gasteiger partial charge in [-0.2, -0.15) is 18.4 Å². The van der Waals surface area contributed by atoms with Crippen molar-refractivity contribution in [2.24, 2.45) is 11.3 Å². The summed E-state index contributed by atoms with van der Waals surface area (Å²) in [7, 11) is 0. The average molecular weight is 523 g/mol. The fourth-order valence-corrected chi connectivity index (χ4v) is 5.71. The van der Waals surface area contributed by atoms with Crippen molar-refractivity contribution in [2.75, 3.05) is 24.6 Å². The Morgan fingerprint density at radius 3 is 2.58 bits per heavy atom. The molecule has 1 aliphatic carbocycles. The van der Waals surface area contributed by atoms with Gasteiger partial charge in [-0.3, -0.25) is 9.78 Å². The van der Waals surface area contributed by atoms with E-state index in [-0.39, 0.29) is 23.7 Å². The zero-order chi connectivity index (χ0) is 27.0. The molecule has 9 heteroatoms. The molecular formula is C29H29F3N4O2. The number of hydrogen-bond acceptors (Lipinski definition) is 6. The molecule has 1 aromatic carbocycles. The topological polar surface area (TPSA) is 78.2 Å². The third-order valence-electron chi connectivity index (χ3n) is 7.97. The average Bonchev–Trinajstić information content (AvgIpc) is 3.79. The lowest BCUT2D eigenvalue weighted by Gasteiger charge is -2.44. The summed E-state index contributed by atoms with van der Waals surface area (Å²) in [6, 6.07) is 9.10. The van der Waals surface area contributed by atoms with Crippen LogP contribution in [0.15, 0.2) is 66.7 Å². The first-order valence-electron chi connectivity index (χ1n) is 12.8. The van der Waals surface area contributed by atoms with Gasteiger partial charge in [0, 0.05) is 31.7 Å². The van der Waals surface area contributed by atoms with E-state index in [1.165, 1.54) is 6.07 Å². The number of nitrogens with one attached hydrogen (secondary N) is 1. The maximum absolute atomic E-state index is 13.4. The highest BCUT2D eigenvalue weighted by Crippen LogP contribution is 2.50. The SMILES string of the molecule is CCOC(=O)C1(C2=CNC(c3cccnc3)(C3CC3)C=C2)CCN(c2ccc(C(F)(F)F)cc2C#N)CC1. The van der Waals surface area contributed by atoms with E-state index < -0.39 is 17.2 Å². The third-order valence-corrected chi connectivity index (χ3v) is 7.97. The molecule has 2 aromatic rings. The fourth-order valence-electron chi connectivity index (χ4n) is 5.71. The number of esters is 1. The molecule has 3 aliphatic rings. The second kappa shape index (κ2) is 9.82. The molecule has 38 heavy (non-hydrogen) atoms. The molecule has 2 aliphatic heterocycles. The summed E-state index contributed by atoms with van der Waals surface area (Å²) >= 11 is 0. The van der Waals surface area contributed by atoms with Crippen molar-refractivity contribution in [3.8, 4) is 6.07 Å². The highest BCUT2D eigenvalue weighted by molar-refractivity contribution is 5.82. The number of halogens is 3. The minimum Gasteiger partial charge on any atom is -0.465 e. The molecule has 2 fully saturated rings. The summed E-state index contributed by atoms with van der Waals surface area (Å²) in [6.45, 7) is 2.79. The zero-order valence-electron chi connectivity index (χ0n) is 21.1. The molecule has 6 nitrogen and oxygen atoms in total. The second-order valence-corrected chi connectivity index (χ2v) is 10.1. The maximum atomic E-state index is 13.4. The number of pyridine rings is 1. The van der Waals surface area contributed by atoms with E-state index in [2.05, 4.69) is 22.4 Å². The lowest BCUT2D eigenvalue weighted by Crippen LogP contribution is -2.49. The van der Waals surface area contributed by atoms with E-state index in [0.717, 1.165) is 36.1 Å². The van der Waals surface area contributed by atoms with Crippen LogP contribution < -0.4 is 10.2 Å². The predicted octanol–water partition coefficient (Wildman–Crippen LogP) is 5.47. The Labute approximate surface area is 219 Å². The van der Waals surface area contributed by atoms with Crippen molar-refractivity contribution in [1.29, 1.82) is 5.26 Å². The smallest absolute Gasteiger partial charge is 0.416 e. The number of benzene rings is 1. The summed E-state index contributed by atoms with van der Waals surface area (Å²) in [5.74, 6) is 0.121. The zero-order valence-corrected chi connectivity index (χ0v) is 21.1. The number of carbonyl (C=O) groups is 1. The number of piperidine rings is 1. The highest BCUT2D eigenvalue weighted by atomic mass is 19.4. The predicted molar refractivity (Wildman–Crippen MR) is 136 cm³/mol. The van der Waals surface area contributed by atoms with Crippen LogP contribution in [0.3, 0.4) is 0 Å². The number of alkyl halides is 3. The van der Waals surface area contributed by atoms with Crippen molar-refractivity contribution in [3.05, 3.63) is 83.3 Å². The van der Waals surface area contributed by atoms with Gasteiger partial charge in [0.15, 0.2) is 0 Å². The van der Waals surface area contributed by atoms with Gasteiger partial charge in [0.05, 0.1) is 34.4 Å². The number of nitrogens with zero attached hydrogens (tertiary/aromatic N) is 3. The normalized spacial score (nSPS) is 22.7. The molecule has 0 spiro atoms. The van der Waals surface area contributed by atoms with Gasteiger partial charge in [-0.05, 0) is 73.9 Å². The summed E-state index contributed by atoms with van der Waals surface area (Å²) < 4.78 is 45.0. The van der Waals surface area contributed by atoms with Gasteiger partial charge in [-0.15, -0.1) is 0 Å². The summed E-state index contributed by atoms with van der Waals surface area (Å²) in [6.07, 6.45) is 8.17. The van der Waals surface area contributed by atoms with Crippen LogP contribution in [0.2, 0.25) is 0 Å². The van der Waals surface area contributed by atoms with Gasteiger partial charge in [0.25, 0.3) is 0 Å². The van der Waals surface area contributed by atoms with E-state index in [1.54, 1.807) is 13.1 Å². The summed E-state index contributed by atoms with van der Waals surface area (Å²) in [5, 5.41) is 13.1. The molecule has 0 radical (unpaired) electrons. The number of nitriles is 1. The van der Waals surface area contributed by atoms with Crippen LogP contribution in [-0.4, -0.2) is 30.6 Å². The van der Waals surface area contributed by atoms with Gasteiger partial charge in [0.2, 0.25) is 0 Å². The largest absolute Gasteiger partial charge is 0.465 e. The van der Waals surface area contributed by atoms with Gasteiger partial charge in [-0.25, -0.2) is 0 Å². The minimum atomic E-state index is -4.52. The van der Waals surface area contributed by atoms with Crippen molar-refractivity contribution < 1.29 is 22.7 Å². The minimum absolute atomic E-state index is 0.0346. The van der Waals surface area contributed by atoms with Crippen LogP contribution in [0.25, 0.3) is 0 Å². The Morgan fingerprint density at radius 1 is 1.26 bits per heavy atom. The van der Waals surface area contributed by atoms with Crippen molar-refractivity contribution in [3.63, 3.8) is 0 Å². The number of carbonyl (C=O) groups excluding carboxylic acids is 1.